The van der Waals surface area contributed by atoms with Crippen LogP contribution in [0.3, 0.4) is 0 Å². The maximum Gasteiger partial charge on any atom is 0.191 e. The molecule has 0 spiro atoms. The molecular weight excluding hydrogens is 461 g/mol. The maximum atomic E-state index is 5.59. The van der Waals surface area contributed by atoms with Gasteiger partial charge in [-0.1, -0.05) is 15.9 Å². The van der Waals surface area contributed by atoms with Gasteiger partial charge in [0, 0.05) is 36.8 Å². The third kappa shape index (κ3) is 5.92. The first-order chi connectivity index (χ1) is 10.2. The molecule has 1 aliphatic heterocycles. The molecule has 0 radical (unpaired) electrons. The summed E-state index contributed by atoms with van der Waals surface area (Å²) < 4.78 is 12.0. The summed E-state index contributed by atoms with van der Waals surface area (Å²) in [6.07, 6.45) is 2.56. The van der Waals surface area contributed by atoms with E-state index in [2.05, 4.69) is 31.6 Å². The van der Waals surface area contributed by atoms with Crippen LogP contribution in [-0.4, -0.2) is 39.4 Å². The lowest BCUT2D eigenvalue weighted by Crippen LogP contribution is -2.40. The number of halogens is 2. The highest BCUT2D eigenvalue weighted by Crippen LogP contribution is 2.22. The van der Waals surface area contributed by atoms with Gasteiger partial charge in [0.25, 0.3) is 0 Å². The molecule has 2 N–H and O–H groups in total. The zero-order valence-corrected chi connectivity index (χ0v) is 16.8. The number of hydrogen-bond acceptors (Lipinski definition) is 3. The molecule has 22 heavy (non-hydrogen) atoms. The van der Waals surface area contributed by atoms with Gasteiger partial charge in [0.2, 0.25) is 0 Å². The predicted octanol–water partition coefficient (Wildman–Crippen LogP) is 2.92. The Kier molecular flexibility index (Phi) is 9.11. The number of hydrogen-bond donors (Lipinski definition) is 2. The van der Waals surface area contributed by atoms with Crippen molar-refractivity contribution in [2.75, 3.05) is 27.3 Å². The summed E-state index contributed by atoms with van der Waals surface area (Å²) >= 11 is 3.48. The zero-order valence-electron chi connectivity index (χ0n) is 12.9. The van der Waals surface area contributed by atoms with Crippen LogP contribution in [0.15, 0.2) is 27.7 Å². The molecule has 1 unspecified atom stereocenters. The molecule has 1 aromatic rings. The number of aliphatic imine (C=N–C) groups is 1. The highest BCUT2D eigenvalue weighted by atomic mass is 127. The quantitative estimate of drug-likeness (QED) is 0.384. The van der Waals surface area contributed by atoms with Gasteiger partial charge in [-0.3, -0.25) is 4.99 Å². The number of rotatable bonds is 5. The number of methoxy groups -OCH3 is 1. The molecule has 1 saturated heterocycles. The van der Waals surface area contributed by atoms with Crippen molar-refractivity contribution in [1.82, 2.24) is 10.6 Å². The molecule has 0 saturated carbocycles. The second-order valence-electron chi connectivity index (χ2n) is 4.90. The zero-order chi connectivity index (χ0) is 15.1. The first-order valence-corrected chi connectivity index (χ1v) is 7.90. The van der Waals surface area contributed by atoms with Gasteiger partial charge in [-0.2, -0.15) is 0 Å². The van der Waals surface area contributed by atoms with E-state index in [-0.39, 0.29) is 24.0 Å². The molecule has 124 valence electrons. The number of ether oxygens (including phenoxy) is 2. The van der Waals surface area contributed by atoms with Crippen molar-refractivity contribution in [3.63, 3.8) is 0 Å². The Morgan fingerprint density at radius 2 is 2.27 bits per heavy atom. The molecular formula is C15H23BrIN3O2. The van der Waals surface area contributed by atoms with E-state index in [9.17, 15) is 0 Å². The van der Waals surface area contributed by atoms with Crippen LogP contribution in [-0.2, 0) is 11.3 Å². The number of nitrogens with zero attached hydrogens (tertiary/aromatic N) is 1. The first-order valence-electron chi connectivity index (χ1n) is 7.11. The molecule has 0 bridgehead atoms. The lowest BCUT2D eigenvalue weighted by Gasteiger charge is -2.16. The van der Waals surface area contributed by atoms with Gasteiger partial charge in [-0.25, -0.2) is 0 Å². The molecule has 0 amide bonds. The van der Waals surface area contributed by atoms with Crippen LogP contribution in [0, 0.1) is 0 Å². The van der Waals surface area contributed by atoms with Crippen molar-refractivity contribution in [2.24, 2.45) is 4.99 Å². The van der Waals surface area contributed by atoms with Gasteiger partial charge < -0.3 is 20.1 Å². The predicted molar refractivity (Wildman–Crippen MR) is 103 cm³/mol. The minimum atomic E-state index is 0. The molecule has 7 heteroatoms. The summed E-state index contributed by atoms with van der Waals surface area (Å²) in [6, 6.07) is 5.95. The van der Waals surface area contributed by atoms with Crippen molar-refractivity contribution < 1.29 is 9.47 Å². The molecule has 0 aliphatic carbocycles. The van der Waals surface area contributed by atoms with E-state index in [4.69, 9.17) is 9.47 Å². The van der Waals surface area contributed by atoms with Gasteiger partial charge in [0.05, 0.1) is 13.2 Å². The van der Waals surface area contributed by atoms with E-state index < -0.39 is 0 Å². The monoisotopic (exact) mass is 483 g/mol. The topological polar surface area (TPSA) is 54.9 Å². The van der Waals surface area contributed by atoms with Crippen molar-refractivity contribution >= 4 is 45.9 Å². The number of benzene rings is 1. The smallest absolute Gasteiger partial charge is 0.191 e. The summed E-state index contributed by atoms with van der Waals surface area (Å²) in [7, 11) is 3.44. The van der Waals surface area contributed by atoms with E-state index in [1.807, 2.05) is 18.2 Å². The summed E-state index contributed by atoms with van der Waals surface area (Å²) in [5, 5.41) is 6.59. The third-order valence-corrected chi connectivity index (χ3v) is 3.93. The van der Waals surface area contributed by atoms with Crippen molar-refractivity contribution in [1.29, 1.82) is 0 Å². The Bertz CT molecular complexity index is 494. The fourth-order valence-electron chi connectivity index (χ4n) is 2.30. The number of nitrogens with one attached hydrogen (secondary N) is 2. The van der Waals surface area contributed by atoms with Crippen LogP contribution in [0.1, 0.15) is 18.4 Å². The molecule has 1 fully saturated rings. The Labute approximate surface area is 157 Å². The van der Waals surface area contributed by atoms with Crippen LogP contribution in [0.25, 0.3) is 0 Å². The van der Waals surface area contributed by atoms with Crippen LogP contribution in [0.2, 0.25) is 0 Å². The highest BCUT2D eigenvalue weighted by Gasteiger charge is 2.15. The second-order valence-corrected chi connectivity index (χ2v) is 5.81. The van der Waals surface area contributed by atoms with E-state index in [1.54, 1.807) is 14.2 Å². The third-order valence-electron chi connectivity index (χ3n) is 3.43. The summed E-state index contributed by atoms with van der Waals surface area (Å²) in [5.41, 5.74) is 1.08. The Morgan fingerprint density at radius 1 is 1.45 bits per heavy atom. The Balaban J connectivity index is 0.00000242. The van der Waals surface area contributed by atoms with Gasteiger partial charge in [0.1, 0.15) is 5.75 Å². The lowest BCUT2D eigenvalue weighted by molar-refractivity contribution is 0.114. The van der Waals surface area contributed by atoms with Crippen molar-refractivity contribution in [3.05, 3.63) is 28.2 Å². The van der Waals surface area contributed by atoms with Crippen LogP contribution in [0.4, 0.5) is 0 Å². The van der Waals surface area contributed by atoms with Gasteiger partial charge >= 0.3 is 0 Å². The van der Waals surface area contributed by atoms with E-state index in [0.29, 0.717) is 12.6 Å². The molecule has 2 rings (SSSR count). The van der Waals surface area contributed by atoms with E-state index in [0.717, 1.165) is 47.7 Å². The Morgan fingerprint density at radius 3 is 2.91 bits per heavy atom. The average molecular weight is 484 g/mol. The molecule has 1 aromatic carbocycles. The van der Waals surface area contributed by atoms with Gasteiger partial charge in [-0.15, -0.1) is 24.0 Å². The molecule has 1 atom stereocenters. The van der Waals surface area contributed by atoms with Crippen molar-refractivity contribution in [2.45, 2.75) is 25.5 Å². The van der Waals surface area contributed by atoms with Crippen LogP contribution < -0.4 is 15.4 Å². The summed E-state index contributed by atoms with van der Waals surface area (Å²) in [5.74, 6) is 1.63. The second kappa shape index (κ2) is 10.3. The summed E-state index contributed by atoms with van der Waals surface area (Å²) in [6.45, 7) is 2.30. The van der Waals surface area contributed by atoms with Gasteiger partial charge in [0.15, 0.2) is 5.96 Å². The van der Waals surface area contributed by atoms with Crippen LogP contribution in [0.5, 0.6) is 5.75 Å². The SMILES string of the molecule is CN=C(NCc1cc(Br)ccc1OC)NCC1CCCO1.I. The molecule has 1 aliphatic rings. The fraction of sp³-hybridized carbons (Fsp3) is 0.533. The molecule has 0 aromatic heterocycles. The number of guanidine groups is 1. The normalized spacial score (nSPS) is 17.8. The van der Waals surface area contributed by atoms with E-state index in [1.165, 1.54) is 0 Å². The minimum absolute atomic E-state index is 0. The van der Waals surface area contributed by atoms with E-state index >= 15 is 0 Å². The Hall–Kier alpha value is -0.540. The minimum Gasteiger partial charge on any atom is -0.496 e. The lowest BCUT2D eigenvalue weighted by atomic mass is 10.2. The molecule has 1 heterocycles. The molecule has 5 nitrogen and oxygen atoms in total. The standard InChI is InChI=1S/C15H22BrN3O2.HI/c1-17-15(19-10-13-4-3-7-21-13)18-9-11-8-12(16)5-6-14(11)20-2;/h5-6,8,13H,3-4,7,9-10H2,1-2H3,(H2,17,18,19);1H. The highest BCUT2D eigenvalue weighted by molar-refractivity contribution is 14.0. The van der Waals surface area contributed by atoms with Gasteiger partial charge in [-0.05, 0) is 31.0 Å². The summed E-state index contributed by atoms with van der Waals surface area (Å²) in [4.78, 5) is 4.23. The van der Waals surface area contributed by atoms with Crippen molar-refractivity contribution in [3.8, 4) is 5.75 Å². The van der Waals surface area contributed by atoms with Crippen LogP contribution >= 0.6 is 39.9 Å². The fourth-order valence-corrected chi connectivity index (χ4v) is 2.71. The first kappa shape index (κ1) is 19.5. The average Bonchev–Trinajstić information content (AvgIpc) is 3.01. The largest absolute Gasteiger partial charge is 0.496 e. The maximum absolute atomic E-state index is 5.59.